The zero-order chi connectivity index (χ0) is 19.8. The Morgan fingerprint density at radius 2 is 1.96 bits per heavy atom. The number of amides is 3. The van der Waals surface area contributed by atoms with Crippen molar-refractivity contribution >= 4 is 28.2 Å². The molecular formula is C15H25N5O6S. The van der Waals surface area contributed by atoms with E-state index in [1.165, 1.54) is 4.90 Å². The Hall–Kier alpha value is -1.76. The van der Waals surface area contributed by atoms with Gasteiger partial charge in [-0.25, -0.2) is 4.79 Å². The Morgan fingerprint density at radius 3 is 2.59 bits per heavy atom. The monoisotopic (exact) mass is 403 g/mol. The SMILES string of the molecule is CN1CCC(CC(=O)NC(=N)[C@@H]2CC[C@@H]3CN2C(=O)N3OS(=O)(=O)O)CC1. The quantitative estimate of drug-likeness (QED) is 0.328. The van der Waals surface area contributed by atoms with Gasteiger partial charge in [0.2, 0.25) is 5.91 Å². The highest BCUT2D eigenvalue weighted by molar-refractivity contribution is 7.80. The average molecular weight is 403 g/mol. The van der Waals surface area contributed by atoms with E-state index in [1.807, 2.05) is 7.05 Å². The first-order valence-corrected chi connectivity index (χ1v) is 10.3. The van der Waals surface area contributed by atoms with Crippen molar-refractivity contribution in [2.75, 3.05) is 26.7 Å². The molecule has 3 amide bonds. The van der Waals surface area contributed by atoms with Gasteiger partial charge in [-0.2, -0.15) is 13.5 Å². The van der Waals surface area contributed by atoms with Crippen LogP contribution < -0.4 is 5.32 Å². The summed E-state index contributed by atoms with van der Waals surface area (Å²) in [7, 11) is -2.76. The number of hydrogen-bond acceptors (Lipinski definition) is 7. The van der Waals surface area contributed by atoms with Gasteiger partial charge in [-0.3, -0.25) is 14.8 Å². The van der Waals surface area contributed by atoms with E-state index in [0.717, 1.165) is 25.9 Å². The molecule has 3 rings (SSSR count). The third-order valence-corrected chi connectivity index (χ3v) is 5.77. The number of rotatable bonds is 5. The van der Waals surface area contributed by atoms with Crippen LogP contribution in [0.4, 0.5) is 4.79 Å². The summed E-state index contributed by atoms with van der Waals surface area (Å²) in [6, 6.07) is -1.90. The van der Waals surface area contributed by atoms with Gasteiger partial charge in [-0.05, 0) is 51.7 Å². The van der Waals surface area contributed by atoms with Gasteiger partial charge < -0.3 is 15.1 Å². The summed E-state index contributed by atoms with van der Waals surface area (Å²) in [6.07, 6.45) is 3.02. The largest absolute Gasteiger partial charge is 0.418 e. The van der Waals surface area contributed by atoms with Crippen LogP contribution in [-0.2, 0) is 19.5 Å². The number of fused-ring (bicyclic) bond motifs is 2. The third kappa shape index (κ3) is 4.75. The summed E-state index contributed by atoms with van der Waals surface area (Å²) in [5.41, 5.74) is 0. The van der Waals surface area contributed by atoms with E-state index < -0.39 is 28.5 Å². The lowest BCUT2D eigenvalue weighted by Gasteiger charge is -2.31. The standard InChI is InChI=1S/C15H25N5O6S/c1-18-6-4-10(5-7-18)8-13(21)17-14(16)12-3-2-11-9-19(12)15(22)20(11)26-27(23,24)25/h10-12H,2-9H2,1H3,(H2,16,17,21)(H,23,24,25)/t11-,12+/m1/s1. The van der Waals surface area contributed by atoms with Crippen molar-refractivity contribution in [1.82, 2.24) is 20.2 Å². The summed E-state index contributed by atoms with van der Waals surface area (Å²) in [6.45, 7) is 2.07. The summed E-state index contributed by atoms with van der Waals surface area (Å²) in [5.74, 6) is -0.0281. The first kappa shape index (κ1) is 20.0. The number of urea groups is 1. The first-order chi connectivity index (χ1) is 12.6. The molecule has 0 aliphatic carbocycles. The number of carbonyl (C=O) groups excluding carboxylic acids is 2. The van der Waals surface area contributed by atoms with Crippen LogP contribution in [0.2, 0.25) is 0 Å². The van der Waals surface area contributed by atoms with Gasteiger partial charge in [0.15, 0.2) is 0 Å². The predicted octanol–water partition coefficient (Wildman–Crippen LogP) is -0.185. The van der Waals surface area contributed by atoms with Crippen molar-refractivity contribution in [2.24, 2.45) is 5.92 Å². The molecule has 3 aliphatic rings. The van der Waals surface area contributed by atoms with Crippen LogP contribution in [-0.4, -0.2) is 84.4 Å². The number of hydrogen-bond donors (Lipinski definition) is 3. The highest BCUT2D eigenvalue weighted by Gasteiger charge is 2.48. The molecule has 27 heavy (non-hydrogen) atoms. The molecule has 3 N–H and O–H groups in total. The van der Waals surface area contributed by atoms with Crippen molar-refractivity contribution in [3.05, 3.63) is 0 Å². The Labute approximate surface area is 158 Å². The van der Waals surface area contributed by atoms with Crippen LogP contribution >= 0.6 is 0 Å². The molecule has 3 heterocycles. The van der Waals surface area contributed by atoms with Crippen molar-refractivity contribution in [1.29, 1.82) is 5.41 Å². The van der Waals surface area contributed by atoms with Crippen LogP contribution in [0, 0.1) is 11.3 Å². The number of nitrogens with zero attached hydrogens (tertiary/aromatic N) is 3. The molecule has 0 aromatic rings. The molecule has 0 aromatic heterocycles. The van der Waals surface area contributed by atoms with Gasteiger partial charge in [0.25, 0.3) is 0 Å². The summed E-state index contributed by atoms with van der Waals surface area (Å²) < 4.78 is 35.0. The van der Waals surface area contributed by atoms with Crippen molar-refractivity contribution < 1.29 is 26.8 Å². The van der Waals surface area contributed by atoms with Crippen molar-refractivity contribution in [2.45, 2.75) is 44.2 Å². The Balaban J connectivity index is 1.55. The second-order valence-electron chi connectivity index (χ2n) is 7.42. The van der Waals surface area contributed by atoms with E-state index in [4.69, 9.17) is 9.96 Å². The number of likely N-dealkylation sites (tertiary alicyclic amines) is 1. The molecule has 3 fully saturated rings. The number of nitrogens with one attached hydrogen (secondary N) is 2. The fourth-order valence-electron chi connectivity index (χ4n) is 3.94. The third-order valence-electron chi connectivity index (χ3n) is 5.42. The van der Waals surface area contributed by atoms with Gasteiger partial charge in [0.1, 0.15) is 5.84 Å². The molecule has 152 valence electrons. The topological polar surface area (TPSA) is 143 Å². The van der Waals surface area contributed by atoms with Gasteiger partial charge in [0.05, 0.1) is 12.1 Å². The second-order valence-corrected chi connectivity index (χ2v) is 8.43. The second kappa shape index (κ2) is 7.70. The van der Waals surface area contributed by atoms with Gasteiger partial charge in [-0.1, -0.05) is 0 Å². The van der Waals surface area contributed by atoms with E-state index in [1.54, 1.807) is 0 Å². The van der Waals surface area contributed by atoms with Crippen LogP contribution in [0.3, 0.4) is 0 Å². The molecule has 2 atom stereocenters. The lowest BCUT2D eigenvalue weighted by molar-refractivity contribution is -0.121. The zero-order valence-corrected chi connectivity index (χ0v) is 15.9. The molecule has 2 bridgehead atoms. The molecule has 0 unspecified atom stereocenters. The van der Waals surface area contributed by atoms with Crippen molar-refractivity contribution in [3.8, 4) is 0 Å². The molecule has 0 radical (unpaired) electrons. The fourth-order valence-corrected chi connectivity index (χ4v) is 4.33. The molecule has 0 spiro atoms. The maximum Gasteiger partial charge on any atom is 0.418 e. The predicted molar refractivity (Wildman–Crippen MR) is 94.1 cm³/mol. The Kier molecular flexibility index (Phi) is 5.70. The van der Waals surface area contributed by atoms with E-state index in [-0.39, 0.29) is 24.2 Å². The Bertz CT molecular complexity index is 720. The molecule has 3 aliphatic heterocycles. The maximum absolute atomic E-state index is 12.4. The molecule has 3 saturated heterocycles. The zero-order valence-electron chi connectivity index (χ0n) is 15.1. The molecule has 11 nitrogen and oxygen atoms in total. The molecule has 0 saturated carbocycles. The normalized spacial score (nSPS) is 27.1. The average Bonchev–Trinajstić information content (AvgIpc) is 2.80. The van der Waals surface area contributed by atoms with Gasteiger partial charge in [0, 0.05) is 13.0 Å². The molecular weight excluding hydrogens is 378 g/mol. The maximum atomic E-state index is 12.4. The number of carbonyl (C=O) groups is 2. The number of amidine groups is 1. The van der Waals surface area contributed by atoms with E-state index in [9.17, 15) is 18.0 Å². The smallest absolute Gasteiger partial charge is 0.313 e. The minimum Gasteiger partial charge on any atom is -0.313 e. The molecule has 0 aromatic carbocycles. The number of piperidine rings is 2. The summed E-state index contributed by atoms with van der Waals surface area (Å²) >= 11 is 0. The van der Waals surface area contributed by atoms with E-state index >= 15 is 0 Å². The van der Waals surface area contributed by atoms with Gasteiger partial charge >= 0.3 is 16.4 Å². The van der Waals surface area contributed by atoms with Crippen LogP contribution in [0.25, 0.3) is 0 Å². The lowest BCUT2D eigenvalue weighted by Crippen LogP contribution is -2.51. The minimum atomic E-state index is -4.80. The fraction of sp³-hybridized carbons (Fsp3) is 0.800. The van der Waals surface area contributed by atoms with Crippen LogP contribution in [0.1, 0.15) is 32.1 Å². The summed E-state index contributed by atoms with van der Waals surface area (Å²) in [5, 5.41) is 11.4. The summed E-state index contributed by atoms with van der Waals surface area (Å²) in [4.78, 5) is 28.1. The van der Waals surface area contributed by atoms with Crippen LogP contribution in [0.5, 0.6) is 0 Å². The van der Waals surface area contributed by atoms with E-state index in [2.05, 4.69) is 14.5 Å². The highest BCUT2D eigenvalue weighted by atomic mass is 32.3. The number of hydroxylamine groups is 2. The lowest BCUT2D eigenvalue weighted by atomic mass is 9.93. The van der Waals surface area contributed by atoms with Crippen LogP contribution in [0.15, 0.2) is 0 Å². The van der Waals surface area contributed by atoms with E-state index in [0.29, 0.717) is 24.3 Å². The highest BCUT2D eigenvalue weighted by Crippen LogP contribution is 2.30. The van der Waals surface area contributed by atoms with Gasteiger partial charge in [-0.15, -0.1) is 4.28 Å². The Morgan fingerprint density at radius 1 is 1.30 bits per heavy atom. The first-order valence-electron chi connectivity index (χ1n) is 8.97. The van der Waals surface area contributed by atoms with Crippen molar-refractivity contribution in [3.63, 3.8) is 0 Å². The minimum absolute atomic E-state index is 0.0755. The molecule has 12 heteroatoms.